The van der Waals surface area contributed by atoms with Crippen molar-refractivity contribution in [1.82, 2.24) is 20.8 Å². The minimum Gasteiger partial charge on any atom is -0.466 e. The van der Waals surface area contributed by atoms with E-state index in [1.165, 1.54) is 23.1 Å². The molecule has 0 aliphatic rings. The molecule has 0 aliphatic heterocycles. The average Bonchev–Trinajstić information content (AvgIpc) is 2.73. The number of nitrogens with zero attached hydrogens (tertiary/aromatic N) is 2. The van der Waals surface area contributed by atoms with Crippen molar-refractivity contribution in [3.05, 3.63) is 0 Å². The Morgan fingerprint density at radius 3 is 2.43 bits per heavy atom. The van der Waals surface area contributed by atoms with Crippen LogP contribution < -0.4 is 15.4 Å². The Balaban J connectivity index is 2.48. The molecule has 1 aromatic heterocycles. The van der Waals surface area contributed by atoms with Crippen LogP contribution in [0.5, 0.6) is 5.19 Å². The Labute approximate surface area is 132 Å². The van der Waals surface area contributed by atoms with Crippen molar-refractivity contribution in [2.24, 2.45) is 0 Å². The molecule has 1 rings (SSSR count). The van der Waals surface area contributed by atoms with Gasteiger partial charge in [0.05, 0.1) is 11.4 Å². The van der Waals surface area contributed by atoms with Gasteiger partial charge >= 0.3 is 6.03 Å². The van der Waals surface area contributed by atoms with E-state index >= 15 is 0 Å². The monoisotopic (exact) mass is 332 g/mol. The first-order chi connectivity index (χ1) is 9.77. The minimum atomic E-state index is -0.497. The van der Waals surface area contributed by atoms with Gasteiger partial charge < -0.3 is 10.1 Å². The molecule has 3 amide bonds. The Morgan fingerprint density at radius 2 is 1.86 bits per heavy atom. The summed E-state index contributed by atoms with van der Waals surface area (Å²) in [6.45, 7) is 9.14. The first-order valence-electron chi connectivity index (χ1n) is 6.56. The van der Waals surface area contributed by atoms with Crippen molar-refractivity contribution in [2.75, 3.05) is 0 Å². The highest BCUT2D eigenvalue weighted by molar-refractivity contribution is 8.02. The van der Waals surface area contributed by atoms with E-state index in [-0.39, 0.29) is 18.1 Å². The molecule has 0 fully saturated rings. The number of hydrogen-bond donors (Lipinski definition) is 2. The fraction of sp³-hybridized carbons (Fsp3) is 0.667. The lowest BCUT2D eigenvalue weighted by Crippen LogP contribution is -2.45. The zero-order valence-corrected chi connectivity index (χ0v) is 14.3. The van der Waals surface area contributed by atoms with Gasteiger partial charge in [0.2, 0.25) is 5.91 Å². The maximum absolute atomic E-state index is 11.9. The molecule has 0 aromatic carbocycles. The van der Waals surface area contributed by atoms with Crippen molar-refractivity contribution >= 4 is 35.0 Å². The van der Waals surface area contributed by atoms with Crippen LogP contribution in [0, 0.1) is 0 Å². The van der Waals surface area contributed by atoms with Crippen molar-refractivity contribution < 1.29 is 14.3 Å². The van der Waals surface area contributed by atoms with Gasteiger partial charge in [0, 0.05) is 6.04 Å². The molecular formula is C12H20N4O3S2. The highest BCUT2D eigenvalue weighted by Crippen LogP contribution is 2.30. The highest BCUT2D eigenvalue weighted by atomic mass is 32.2. The van der Waals surface area contributed by atoms with E-state index in [4.69, 9.17) is 4.74 Å². The van der Waals surface area contributed by atoms with E-state index in [0.717, 1.165) is 0 Å². The van der Waals surface area contributed by atoms with Crippen LogP contribution in [0.4, 0.5) is 4.79 Å². The molecule has 21 heavy (non-hydrogen) atoms. The molecule has 1 heterocycles. The topological polar surface area (TPSA) is 93.2 Å². The molecule has 0 saturated carbocycles. The second-order valence-corrected chi connectivity index (χ2v) is 7.41. The van der Waals surface area contributed by atoms with E-state index < -0.39 is 11.3 Å². The first-order valence-corrected chi connectivity index (χ1v) is 8.25. The standard InChI is InChI=1S/C12H20N4O3S2/c1-6(2)13-10(18)14-9(17)8(5)20-12-16-15-11(21-12)19-7(3)4/h6-8H,1-5H3,(H2,13,14,17,18)/t8-/m0/s1. The minimum absolute atomic E-state index is 0.0243. The molecule has 0 spiro atoms. The largest absolute Gasteiger partial charge is 0.466 e. The molecule has 0 aliphatic carbocycles. The molecule has 118 valence electrons. The molecule has 7 nitrogen and oxygen atoms in total. The number of carbonyl (C=O) groups excluding carboxylic acids is 2. The van der Waals surface area contributed by atoms with Crippen molar-refractivity contribution in [2.45, 2.75) is 56.4 Å². The molecule has 9 heteroatoms. The zero-order chi connectivity index (χ0) is 16.0. The molecule has 1 aromatic rings. The van der Waals surface area contributed by atoms with Gasteiger partial charge in [-0.2, -0.15) is 0 Å². The second kappa shape index (κ2) is 8.18. The molecule has 1 atom stereocenters. The number of thioether (sulfide) groups is 1. The lowest BCUT2D eigenvalue weighted by atomic mass is 10.4. The Hall–Kier alpha value is -1.35. The summed E-state index contributed by atoms with van der Waals surface area (Å²) < 4.78 is 6.03. The molecule has 0 saturated heterocycles. The normalized spacial score (nSPS) is 12.3. The summed E-state index contributed by atoms with van der Waals surface area (Å²) in [5.41, 5.74) is 0. The van der Waals surface area contributed by atoms with Crippen LogP contribution in [-0.4, -0.2) is 39.5 Å². The number of nitrogens with one attached hydrogen (secondary N) is 2. The van der Waals surface area contributed by atoms with Crippen LogP contribution in [0.25, 0.3) is 0 Å². The summed E-state index contributed by atoms with van der Waals surface area (Å²) in [5.74, 6) is -0.375. The molecule has 0 radical (unpaired) electrons. The third-order valence-electron chi connectivity index (χ3n) is 2.03. The van der Waals surface area contributed by atoms with Gasteiger partial charge in [0.15, 0.2) is 4.34 Å². The Morgan fingerprint density at radius 1 is 1.19 bits per heavy atom. The third-order valence-corrected chi connectivity index (χ3v) is 4.03. The number of carbonyl (C=O) groups is 2. The maximum Gasteiger partial charge on any atom is 0.321 e. The van der Waals surface area contributed by atoms with Crippen LogP contribution in [0.2, 0.25) is 0 Å². The predicted molar refractivity (Wildman–Crippen MR) is 82.8 cm³/mol. The van der Waals surface area contributed by atoms with Crippen molar-refractivity contribution in [3.8, 4) is 5.19 Å². The summed E-state index contributed by atoms with van der Waals surface area (Å²) in [6.07, 6.45) is 0.0243. The van der Waals surface area contributed by atoms with Gasteiger partial charge in [-0.05, 0) is 46.0 Å². The number of hydrogen-bond acceptors (Lipinski definition) is 7. The SMILES string of the molecule is CC(C)NC(=O)NC(=O)[C@H](C)Sc1nnc(OC(C)C)s1. The number of rotatable bonds is 6. The number of amides is 3. The molecule has 0 bridgehead atoms. The fourth-order valence-electron chi connectivity index (χ4n) is 1.21. The Kier molecular flexibility index (Phi) is 6.90. The average molecular weight is 332 g/mol. The lowest BCUT2D eigenvalue weighted by molar-refractivity contribution is -0.119. The molecule has 0 unspecified atom stereocenters. The number of urea groups is 1. The highest BCUT2D eigenvalue weighted by Gasteiger charge is 2.19. The second-order valence-electron chi connectivity index (χ2n) is 4.88. The predicted octanol–water partition coefficient (Wildman–Crippen LogP) is 2.04. The van der Waals surface area contributed by atoms with Gasteiger partial charge in [-0.15, -0.1) is 5.10 Å². The Bertz CT molecular complexity index is 491. The summed E-state index contributed by atoms with van der Waals surface area (Å²) in [5, 5.41) is 12.7. The first kappa shape index (κ1) is 17.7. The summed E-state index contributed by atoms with van der Waals surface area (Å²) in [6, 6.07) is -0.525. The van der Waals surface area contributed by atoms with Crippen LogP contribution >= 0.6 is 23.1 Å². The molecular weight excluding hydrogens is 312 g/mol. The van der Waals surface area contributed by atoms with Gasteiger partial charge in [0.25, 0.3) is 5.19 Å². The van der Waals surface area contributed by atoms with Gasteiger partial charge in [-0.3, -0.25) is 10.1 Å². The van der Waals surface area contributed by atoms with Gasteiger partial charge in [0.1, 0.15) is 0 Å². The van der Waals surface area contributed by atoms with E-state index in [9.17, 15) is 9.59 Å². The smallest absolute Gasteiger partial charge is 0.321 e. The van der Waals surface area contributed by atoms with E-state index in [1.807, 2.05) is 27.7 Å². The quantitative estimate of drug-likeness (QED) is 0.774. The summed E-state index contributed by atoms with van der Waals surface area (Å²) >= 11 is 2.51. The summed E-state index contributed by atoms with van der Waals surface area (Å²) in [4.78, 5) is 23.3. The lowest BCUT2D eigenvalue weighted by Gasteiger charge is -2.11. The van der Waals surface area contributed by atoms with Crippen LogP contribution in [-0.2, 0) is 4.79 Å². The maximum atomic E-state index is 11.9. The van der Waals surface area contributed by atoms with E-state index in [0.29, 0.717) is 9.53 Å². The number of ether oxygens (including phenoxy) is 1. The van der Waals surface area contributed by atoms with Gasteiger partial charge in [-0.25, -0.2) is 4.79 Å². The van der Waals surface area contributed by atoms with Gasteiger partial charge in [-0.1, -0.05) is 16.9 Å². The van der Waals surface area contributed by atoms with Crippen LogP contribution in [0.15, 0.2) is 4.34 Å². The number of imide groups is 1. The van der Waals surface area contributed by atoms with Crippen molar-refractivity contribution in [3.63, 3.8) is 0 Å². The third kappa shape index (κ3) is 6.76. The van der Waals surface area contributed by atoms with E-state index in [1.54, 1.807) is 6.92 Å². The summed E-state index contributed by atoms with van der Waals surface area (Å²) in [7, 11) is 0. The fourth-order valence-corrected chi connectivity index (χ4v) is 3.16. The van der Waals surface area contributed by atoms with E-state index in [2.05, 4.69) is 20.8 Å². The van der Waals surface area contributed by atoms with Crippen LogP contribution in [0.1, 0.15) is 34.6 Å². The zero-order valence-electron chi connectivity index (χ0n) is 12.7. The number of aromatic nitrogens is 2. The van der Waals surface area contributed by atoms with Crippen molar-refractivity contribution in [1.29, 1.82) is 0 Å². The van der Waals surface area contributed by atoms with Crippen LogP contribution in [0.3, 0.4) is 0 Å². The molecule has 2 N–H and O–H groups in total.